The Morgan fingerprint density at radius 1 is 1.15 bits per heavy atom. The number of amides is 2. The summed E-state index contributed by atoms with van der Waals surface area (Å²) in [6.45, 7) is 8.44. The van der Waals surface area contributed by atoms with E-state index in [4.69, 9.17) is 4.74 Å². The average Bonchev–Trinajstić information content (AvgIpc) is 3.20. The molecule has 1 unspecified atom stereocenters. The molecule has 2 amide bonds. The van der Waals surface area contributed by atoms with Gasteiger partial charge >= 0.3 is 6.09 Å². The molecule has 1 aliphatic heterocycles. The number of carbonyl (C=O) groups is 2. The highest BCUT2D eigenvalue weighted by molar-refractivity contribution is 5.90. The van der Waals surface area contributed by atoms with Crippen molar-refractivity contribution in [3.63, 3.8) is 0 Å². The maximum Gasteiger partial charge on any atom is 0.414 e. The molecule has 1 N–H and O–H groups in total. The minimum atomic E-state index is -0.549. The highest BCUT2D eigenvalue weighted by Gasteiger charge is 2.32. The van der Waals surface area contributed by atoms with E-state index in [9.17, 15) is 14.0 Å². The summed E-state index contributed by atoms with van der Waals surface area (Å²) in [6.07, 6.45) is 7.34. The van der Waals surface area contributed by atoms with Crippen LogP contribution < -0.4 is 10.2 Å². The number of rotatable bonds is 10. The Hall–Kier alpha value is -3.45. The lowest BCUT2D eigenvalue weighted by atomic mass is 10.0. The summed E-state index contributed by atoms with van der Waals surface area (Å²) < 4.78 is 20.3. The summed E-state index contributed by atoms with van der Waals surface area (Å²) in [5, 5.41) is 2.63. The van der Waals surface area contributed by atoms with Crippen LogP contribution in [0.15, 0.2) is 66.8 Å². The first kappa shape index (κ1) is 25.2. The van der Waals surface area contributed by atoms with E-state index in [0.29, 0.717) is 11.3 Å². The minimum Gasteiger partial charge on any atom is -0.442 e. The molecule has 3 rings (SSSR count). The van der Waals surface area contributed by atoms with E-state index in [1.807, 2.05) is 50.3 Å². The van der Waals surface area contributed by atoms with Gasteiger partial charge in [-0.05, 0) is 43.2 Å². The van der Waals surface area contributed by atoms with E-state index in [-0.39, 0.29) is 19.0 Å². The van der Waals surface area contributed by atoms with Gasteiger partial charge in [0.15, 0.2) is 0 Å². The molecule has 0 aliphatic carbocycles. The van der Waals surface area contributed by atoms with Crippen molar-refractivity contribution in [2.24, 2.45) is 0 Å². The molecule has 180 valence electrons. The smallest absolute Gasteiger partial charge is 0.414 e. The van der Waals surface area contributed by atoms with Gasteiger partial charge in [-0.1, -0.05) is 48.6 Å². The van der Waals surface area contributed by atoms with Crippen molar-refractivity contribution in [2.45, 2.75) is 33.4 Å². The molecular weight excluding hydrogens is 433 g/mol. The van der Waals surface area contributed by atoms with Crippen LogP contribution >= 0.6 is 0 Å². The summed E-state index contributed by atoms with van der Waals surface area (Å²) in [7, 11) is 0. The van der Waals surface area contributed by atoms with E-state index in [0.717, 1.165) is 30.8 Å². The lowest BCUT2D eigenvalue weighted by Crippen LogP contribution is -2.33. The highest BCUT2D eigenvalue weighted by Crippen LogP contribution is 2.29. The number of benzene rings is 2. The lowest BCUT2D eigenvalue weighted by Gasteiger charge is -2.19. The van der Waals surface area contributed by atoms with Crippen LogP contribution in [-0.4, -0.2) is 49.2 Å². The van der Waals surface area contributed by atoms with Gasteiger partial charge in [-0.15, -0.1) is 0 Å². The standard InChI is InChI=1S/C27H32FN3O3/c1-4-6-14-30(15-7-5-2)18-21-8-10-22(11-9-21)25-13-12-23(16-26(25)28)31-19-24(34-27(31)33)17-29-20(3)32/h4-13,16,24H,14-15,17-19H2,1-3H3,(H,29,32)/b6-4+,7-5+. The summed E-state index contributed by atoms with van der Waals surface area (Å²) in [6, 6.07) is 12.6. The Kier molecular flexibility index (Phi) is 8.99. The van der Waals surface area contributed by atoms with Crippen molar-refractivity contribution < 1.29 is 18.7 Å². The van der Waals surface area contributed by atoms with Crippen molar-refractivity contribution in [1.29, 1.82) is 0 Å². The minimum absolute atomic E-state index is 0.195. The van der Waals surface area contributed by atoms with Gasteiger partial charge in [-0.3, -0.25) is 14.6 Å². The van der Waals surface area contributed by atoms with Gasteiger partial charge in [-0.2, -0.15) is 0 Å². The Bertz CT molecular complexity index is 1040. The number of halogens is 1. The zero-order valence-corrected chi connectivity index (χ0v) is 20.0. The monoisotopic (exact) mass is 465 g/mol. The Morgan fingerprint density at radius 2 is 1.82 bits per heavy atom. The van der Waals surface area contributed by atoms with Gasteiger partial charge in [0.1, 0.15) is 11.9 Å². The molecule has 1 fully saturated rings. The molecule has 1 atom stereocenters. The first-order valence-corrected chi connectivity index (χ1v) is 11.5. The van der Waals surface area contributed by atoms with E-state index < -0.39 is 18.0 Å². The first-order chi connectivity index (χ1) is 16.4. The fraction of sp³-hybridized carbons (Fsp3) is 0.333. The molecular formula is C27H32FN3O3. The Morgan fingerprint density at radius 3 is 2.41 bits per heavy atom. The molecule has 0 spiro atoms. The number of cyclic esters (lactones) is 1. The molecule has 1 saturated heterocycles. The zero-order chi connectivity index (χ0) is 24.5. The van der Waals surface area contributed by atoms with Crippen molar-refractivity contribution >= 4 is 17.7 Å². The molecule has 2 aromatic carbocycles. The van der Waals surface area contributed by atoms with Crippen molar-refractivity contribution in [3.05, 3.63) is 78.1 Å². The SMILES string of the molecule is C/C=C/CN(C/C=C/C)Cc1ccc(-c2ccc(N3CC(CNC(C)=O)OC3=O)cc2F)cc1. The number of anilines is 1. The number of nitrogens with one attached hydrogen (secondary N) is 1. The van der Waals surface area contributed by atoms with Crippen LogP contribution in [0.25, 0.3) is 11.1 Å². The first-order valence-electron chi connectivity index (χ1n) is 11.5. The molecule has 0 saturated carbocycles. The predicted octanol–water partition coefficient (Wildman–Crippen LogP) is 4.91. The van der Waals surface area contributed by atoms with Crippen LogP contribution in [0.2, 0.25) is 0 Å². The quantitative estimate of drug-likeness (QED) is 0.507. The maximum atomic E-state index is 15.0. The fourth-order valence-corrected chi connectivity index (χ4v) is 3.76. The van der Waals surface area contributed by atoms with Gasteiger partial charge in [-0.25, -0.2) is 9.18 Å². The summed E-state index contributed by atoms with van der Waals surface area (Å²) in [5.41, 5.74) is 2.82. The molecule has 1 heterocycles. The Balaban J connectivity index is 1.68. The lowest BCUT2D eigenvalue weighted by molar-refractivity contribution is -0.119. The molecule has 34 heavy (non-hydrogen) atoms. The van der Waals surface area contributed by atoms with Crippen LogP contribution in [0.1, 0.15) is 26.3 Å². The normalized spacial score (nSPS) is 16.1. The third kappa shape index (κ3) is 6.78. The van der Waals surface area contributed by atoms with Crippen LogP contribution in [0.3, 0.4) is 0 Å². The largest absolute Gasteiger partial charge is 0.442 e. The Labute approximate surface area is 200 Å². The van der Waals surface area contributed by atoms with Gasteiger partial charge in [0, 0.05) is 32.1 Å². The fourth-order valence-electron chi connectivity index (χ4n) is 3.76. The van der Waals surface area contributed by atoms with E-state index in [1.54, 1.807) is 12.1 Å². The topological polar surface area (TPSA) is 61.9 Å². The van der Waals surface area contributed by atoms with Gasteiger partial charge < -0.3 is 10.1 Å². The second-order valence-corrected chi connectivity index (χ2v) is 8.25. The van der Waals surface area contributed by atoms with Gasteiger partial charge in [0.25, 0.3) is 0 Å². The van der Waals surface area contributed by atoms with Crippen LogP contribution in [0, 0.1) is 5.82 Å². The van der Waals surface area contributed by atoms with Gasteiger partial charge in [0.2, 0.25) is 5.91 Å². The van der Waals surface area contributed by atoms with Crippen molar-refractivity contribution in [3.8, 4) is 11.1 Å². The predicted molar refractivity (Wildman–Crippen MR) is 133 cm³/mol. The van der Waals surface area contributed by atoms with E-state index >= 15 is 0 Å². The third-order valence-electron chi connectivity index (χ3n) is 5.59. The van der Waals surface area contributed by atoms with Gasteiger partial charge in [0.05, 0.1) is 18.8 Å². The molecule has 0 aromatic heterocycles. The molecule has 0 radical (unpaired) electrons. The molecule has 0 bridgehead atoms. The van der Waals surface area contributed by atoms with E-state index in [1.165, 1.54) is 17.9 Å². The number of nitrogens with zero attached hydrogens (tertiary/aromatic N) is 2. The number of allylic oxidation sites excluding steroid dienone is 2. The highest BCUT2D eigenvalue weighted by atomic mass is 19.1. The van der Waals surface area contributed by atoms with Crippen molar-refractivity contribution in [2.75, 3.05) is 31.1 Å². The average molecular weight is 466 g/mol. The number of hydrogen-bond donors (Lipinski definition) is 1. The summed E-state index contributed by atoms with van der Waals surface area (Å²) in [4.78, 5) is 27.0. The number of ether oxygens (including phenoxy) is 1. The number of carbonyl (C=O) groups excluding carboxylic acids is 2. The third-order valence-corrected chi connectivity index (χ3v) is 5.59. The molecule has 1 aliphatic rings. The second-order valence-electron chi connectivity index (χ2n) is 8.25. The van der Waals surface area contributed by atoms with Crippen LogP contribution in [-0.2, 0) is 16.1 Å². The van der Waals surface area contributed by atoms with E-state index in [2.05, 4.69) is 22.4 Å². The number of hydrogen-bond acceptors (Lipinski definition) is 4. The zero-order valence-electron chi connectivity index (χ0n) is 20.0. The van der Waals surface area contributed by atoms with Crippen molar-refractivity contribution in [1.82, 2.24) is 10.2 Å². The maximum absolute atomic E-state index is 15.0. The molecule has 2 aromatic rings. The summed E-state index contributed by atoms with van der Waals surface area (Å²) >= 11 is 0. The second kappa shape index (κ2) is 12.1. The van der Waals surface area contributed by atoms with Crippen LogP contribution in [0.5, 0.6) is 0 Å². The molecule has 6 nitrogen and oxygen atoms in total. The summed E-state index contributed by atoms with van der Waals surface area (Å²) in [5.74, 6) is -0.606. The van der Waals surface area contributed by atoms with Crippen LogP contribution in [0.4, 0.5) is 14.9 Å². The molecule has 7 heteroatoms.